The minimum Gasteiger partial charge on any atom is -0.288 e. The maximum Gasteiger partial charge on any atom is 0.271 e. The molecule has 0 spiro atoms. The Hall–Kier alpha value is -2.13. The molecule has 0 saturated carbocycles. The van der Waals surface area contributed by atoms with Crippen molar-refractivity contribution < 1.29 is 9.72 Å². The number of nitro benzene ring substituents is 1. The molecule has 18 heavy (non-hydrogen) atoms. The molecule has 5 nitrogen and oxygen atoms in total. The highest BCUT2D eigenvalue weighted by atomic mass is 32.2. The predicted molar refractivity (Wildman–Crippen MR) is 70.0 cm³/mol. The van der Waals surface area contributed by atoms with Crippen molar-refractivity contribution in [1.82, 2.24) is 0 Å². The first-order valence-electron chi connectivity index (χ1n) is 5.02. The first kappa shape index (κ1) is 13.9. The van der Waals surface area contributed by atoms with Crippen molar-refractivity contribution in [3.8, 4) is 6.07 Å². The highest BCUT2D eigenvalue weighted by Gasteiger charge is 2.08. The van der Waals surface area contributed by atoms with Gasteiger partial charge in [-0.2, -0.15) is 5.26 Å². The summed E-state index contributed by atoms with van der Waals surface area (Å²) in [4.78, 5) is 20.8. The van der Waals surface area contributed by atoms with Gasteiger partial charge < -0.3 is 0 Å². The van der Waals surface area contributed by atoms with Gasteiger partial charge in [-0.15, -0.1) is 0 Å². The lowest BCUT2D eigenvalue weighted by atomic mass is 10.1. The van der Waals surface area contributed by atoms with E-state index in [0.29, 0.717) is 11.3 Å². The molecule has 6 heteroatoms. The van der Waals surface area contributed by atoms with Gasteiger partial charge in [0, 0.05) is 24.8 Å². The highest BCUT2D eigenvalue weighted by molar-refractivity contribution is 8.13. The lowest BCUT2D eigenvalue weighted by molar-refractivity contribution is -0.384. The largest absolute Gasteiger partial charge is 0.288 e. The molecule has 1 aromatic rings. The number of benzene rings is 1. The van der Waals surface area contributed by atoms with Gasteiger partial charge in [-0.1, -0.05) is 23.9 Å². The molecule has 0 aliphatic heterocycles. The van der Waals surface area contributed by atoms with Crippen LogP contribution in [0, 0.1) is 21.4 Å². The van der Waals surface area contributed by atoms with Gasteiger partial charge >= 0.3 is 0 Å². The van der Waals surface area contributed by atoms with Crippen LogP contribution in [0.5, 0.6) is 0 Å². The summed E-state index contributed by atoms with van der Waals surface area (Å²) >= 11 is 1.15. The summed E-state index contributed by atoms with van der Waals surface area (Å²) in [6.45, 7) is 1.47. The number of hydrogen-bond donors (Lipinski definition) is 0. The van der Waals surface area contributed by atoms with E-state index in [1.54, 1.807) is 18.2 Å². The van der Waals surface area contributed by atoms with Crippen LogP contribution in [0.25, 0.3) is 6.08 Å². The fraction of sp³-hybridized carbons (Fsp3) is 0.167. The maximum atomic E-state index is 10.7. The number of nitrogens with zero attached hydrogens (tertiary/aromatic N) is 2. The van der Waals surface area contributed by atoms with Gasteiger partial charge in [0.2, 0.25) is 0 Å². The molecule has 1 rings (SSSR count). The monoisotopic (exact) mass is 262 g/mol. The summed E-state index contributed by atoms with van der Waals surface area (Å²) in [6.07, 6.45) is 3.38. The molecule has 0 atom stereocenters. The van der Waals surface area contributed by atoms with Crippen LogP contribution in [-0.4, -0.2) is 15.8 Å². The highest BCUT2D eigenvalue weighted by Crippen LogP contribution is 2.18. The average molecular weight is 262 g/mol. The van der Waals surface area contributed by atoms with Crippen LogP contribution in [0.15, 0.2) is 24.3 Å². The summed E-state index contributed by atoms with van der Waals surface area (Å²) in [6, 6.07) is 6.04. The van der Waals surface area contributed by atoms with E-state index in [4.69, 9.17) is 5.26 Å². The molecular formula is C12H10N2O3S. The van der Waals surface area contributed by atoms with E-state index >= 15 is 0 Å². The maximum absolute atomic E-state index is 10.7. The Balaban J connectivity index is 2.88. The standard InChI is InChI=1S/C12H10N2O3S/c1-9(15)18-4-2-3-10-5-11(8-13)7-12(6-10)14(16)17/h2-3,5-7H,4H2,1H3. The third kappa shape index (κ3) is 4.39. The predicted octanol–water partition coefficient (Wildman–Crippen LogP) is 2.76. The molecule has 0 N–H and O–H groups in total. The Morgan fingerprint density at radius 3 is 2.83 bits per heavy atom. The molecule has 0 aliphatic rings. The molecule has 92 valence electrons. The van der Waals surface area contributed by atoms with Crippen molar-refractivity contribution in [2.45, 2.75) is 6.92 Å². The minimum atomic E-state index is -0.539. The summed E-state index contributed by atoms with van der Waals surface area (Å²) in [5.41, 5.74) is 0.695. The van der Waals surface area contributed by atoms with Crippen LogP contribution in [0.1, 0.15) is 18.1 Å². The Morgan fingerprint density at radius 2 is 2.28 bits per heavy atom. The molecule has 0 saturated heterocycles. The molecule has 0 unspecified atom stereocenters. The third-order valence-corrected chi connectivity index (χ3v) is 2.74. The molecule has 0 heterocycles. The molecule has 1 aromatic carbocycles. The normalized spacial score (nSPS) is 10.2. The number of nitriles is 1. The van der Waals surface area contributed by atoms with Gasteiger partial charge in [0.05, 0.1) is 16.6 Å². The zero-order valence-corrected chi connectivity index (χ0v) is 10.4. The second-order valence-electron chi connectivity index (χ2n) is 3.39. The summed E-state index contributed by atoms with van der Waals surface area (Å²) in [7, 11) is 0. The number of rotatable bonds is 4. The van der Waals surface area contributed by atoms with Crippen molar-refractivity contribution in [2.24, 2.45) is 0 Å². The second-order valence-corrected chi connectivity index (χ2v) is 4.58. The van der Waals surface area contributed by atoms with Gasteiger partial charge in [-0.3, -0.25) is 14.9 Å². The van der Waals surface area contributed by atoms with Crippen molar-refractivity contribution in [3.63, 3.8) is 0 Å². The van der Waals surface area contributed by atoms with Gasteiger partial charge in [0.25, 0.3) is 5.69 Å². The smallest absolute Gasteiger partial charge is 0.271 e. The van der Waals surface area contributed by atoms with Gasteiger partial charge in [0.15, 0.2) is 5.12 Å². The Morgan fingerprint density at radius 1 is 1.56 bits per heavy atom. The van der Waals surface area contributed by atoms with Crippen LogP contribution in [0.2, 0.25) is 0 Å². The van der Waals surface area contributed by atoms with Crippen LogP contribution in [-0.2, 0) is 4.79 Å². The zero-order valence-electron chi connectivity index (χ0n) is 9.62. The van der Waals surface area contributed by atoms with Crippen molar-refractivity contribution in [3.05, 3.63) is 45.5 Å². The topological polar surface area (TPSA) is 84.0 Å². The van der Waals surface area contributed by atoms with Crippen LogP contribution in [0.4, 0.5) is 5.69 Å². The number of carbonyl (C=O) groups is 1. The van der Waals surface area contributed by atoms with E-state index in [9.17, 15) is 14.9 Å². The van der Waals surface area contributed by atoms with E-state index in [-0.39, 0.29) is 16.4 Å². The zero-order chi connectivity index (χ0) is 13.5. The number of thioether (sulfide) groups is 1. The lowest BCUT2D eigenvalue weighted by Gasteiger charge is -1.96. The van der Waals surface area contributed by atoms with Gasteiger partial charge in [-0.05, 0) is 11.6 Å². The summed E-state index contributed by atoms with van der Waals surface area (Å²) in [5, 5.41) is 19.4. The van der Waals surface area contributed by atoms with Gasteiger partial charge in [-0.25, -0.2) is 0 Å². The Bertz CT molecular complexity index is 547. The number of non-ortho nitro benzene ring substituents is 1. The fourth-order valence-corrected chi connectivity index (χ4v) is 1.68. The SMILES string of the molecule is CC(=O)SCC=Cc1cc(C#N)cc([N+](=O)[O-])c1. The van der Waals surface area contributed by atoms with E-state index in [1.165, 1.54) is 19.1 Å². The number of carbonyl (C=O) groups excluding carboxylic acids is 1. The molecule has 0 aromatic heterocycles. The molecule has 0 fully saturated rings. The third-order valence-electron chi connectivity index (χ3n) is 1.97. The Labute approximate surface area is 108 Å². The van der Waals surface area contributed by atoms with E-state index < -0.39 is 4.92 Å². The number of nitro groups is 1. The summed E-state index contributed by atoms with van der Waals surface area (Å²) < 4.78 is 0. The first-order valence-corrected chi connectivity index (χ1v) is 6.01. The van der Waals surface area contributed by atoms with Gasteiger partial charge in [0.1, 0.15) is 0 Å². The minimum absolute atomic E-state index is 0.0106. The molecule has 0 radical (unpaired) electrons. The van der Waals surface area contributed by atoms with Crippen molar-refractivity contribution >= 4 is 28.6 Å². The molecule has 0 amide bonds. The summed E-state index contributed by atoms with van der Waals surface area (Å²) in [5.74, 6) is 0.500. The second kappa shape index (κ2) is 6.57. The van der Waals surface area contributed by atoms with Crippen LogP contribution < -0.4 is 0 Å². The lowest BCUT2D eigenvalue weighted by Crippen LogP contribution is -1.90. The fourth-order valence-electron chi connectivity index (χ4n) is 1.25. The molecule has 0 bridgehead atoms. The van der Waals surface area contributed by atoms with Crippen LogP contribution in [0.3, 0.4) is 0 Å². The van der Waals surface area contributed by atoms with Crippen molar-refractivity contribution in [2.75, 3.05) is 5.75 Å². The molecular weight excluding hydrogens is 252 g/mol. The quantitative estimate of drug-likeness (QED) is 0.615. The van der Waals surface area contributed by atoms with E-state index in [1.807, 2.05) is 6.07 Å². The Kier molecular flexibility index (Phi) is 5.08. The molecule has 0 aliphatic carbocycles. The van der Waals surface area contributed by atoms with E-state index in [2.05, 4.69) is 0 Å². The number of hydrogen-bond acceptors (Lipinski definition) is 5. The van der Waals surface area contributed by atoms with E-state index in [0.717, 1.165) is 11.8 Å². The average Bonchev–Trinajstić information content (AvgIpc) is 2.34. The van der Waals surface area contributed by atoms with Crippen molar-refractivity contribution in [1.29, 1.82) is 5.26 Å². The van der Waals surface area contributed by atoms with Crippen LogP contribution >= 0.6 is 11.8 Å². The first-order chi connectivity index (χ1) is 8.52.